The molecule has 198 valence electrons. The minimum Gasteiger partial charge on any atom is -0.497 e. The zero-order valence-electron chi connectivity index (χ0n) is 19.4. The lowest BCUT2D eigenvalue weighted by Crippen LogP contribution is -2.32. The number of alkyl halides is 3. The van der Waals surface area contributed by atoms with Crippen LogP contribution in [-0.4, -0.2) is 30.6 Å². The van der Waals surface area contributed by atoms with Crippen LogP contribution in [0.5, 0.6) is 17.2 Å². The van der Waals surface area contributed by atoms with E-state index >= 15 is 0 Å². The molecule has 1 atom stereocenters. The smallest absolute Gasteiger partial charge is 0.497 e. The molecule has 0 spiro atoms. The van der Waals surface area contributed by atoms with Crippen LogP contribution in [0.15, 0.2) is 54.6 Å². The highest BCUT2D eigenvalue weighted by molar-refractivity contribution is 6.37. The molecule has 37 heavy (non-hydrogen) atoms. The monoisotopic (exact) mass is 558 g/mol. The summed E-state index contributed by atoms with van der Waals surface area (Å²) in [6.07, 6.45) is -4.71. The van der Waals surface area contributed by atoms with Gasteiger partial charge in [-0.2, -0.15) is 0 Å². The Kier molecular flexibility index (Phi) is 9.36. The average Bonchev–Trinajstić information content (AvgIpc) is 2.82. The molecule has 0 heterocycles. The first kappa shape index (κ1) is 28.2. The molecule has 0 aromatic heterocycles. The predicted octanol–water partition coefficient (Wildman–Crippen LogP) is 6.05. The maximum absolute atomic E-state index is 12.4. The zero-order valence-corrected chi connectivity index (χ0v) is 21.0. The van der Waals surface area contributed by atoms with Crippen molar-refractivity contribution in [2.24, 2.45) is 5.73 Å². The van der Waals surface area contributed by atoms with Gasteiger partial charge in [0.15, 0.2) is 5.75 Å². The molecule has 0 radical (unpaired) electrons. The molecule has 3 aromatic carbocycles. The number of ether oxygens (including phenoxy) is 3. The third-order valence-electron chi connectivity index (χ3n) is 5.16. The van der Waals surface area contributed by atoms with E-state index < -0.39 is 18.4 Å². The van der Waals surface area contributed by atoms with Crippen molar-refractivity contribution < 1.29 is 37.3 Å². The lowest BCUT2D eigenvalue weighted by Gasteiger charge is -2.17. The highest BCUT2D eigenvalue weighted by Gasteiger charge is 2.30. The first-order valence-electron chi connectivity index (χ1n) is 10.8. The van der Waals surface area contributed by atoms with E-state index in [1.165, 1.54) is 31.4 Å². The summed E-state index contributed by atoms with van der Waals surface area (Å²) in [5.74, 6) is -0.659. The Morgan fingerprint density at radius 2 is 1.65 bits per heavy atom. The molecule has 0 bridgehead atoms. The molecule has 7 nitrogen and oxygen atoms in total. The molecule has 0 saturated heterocycles. The summed E-state index contributed by atoms with van der Waals surface area (Å²) in [5.41, 5.74) is 8.23. The Morgan fingerprint density at radius 1 is 1.03 bits per heavy atom. The number of carbonyl (C=O) groups is 1. The largest absolute Gasteiger partial charge is 0.573 e. The van der Waals surface area contributed by atoms with E-state index in [4.69, 9.17) is 43.5 Å². The molecule has 3 rings (SSSR count). The molecule has 0 amide bonds. The van der Waals surface area contributed by atoms with Crippen LogP contribution in [-0.2, 0) is 24.4 Å². The maximum Gasteiger partial charge on any atom is 0.573 e. The third kappa shape index (κ3) is 8.34. The number of hydrogen-bond donors (Lipinski definition) is 3. The second kappa shape index (κ2) is 12.3. The SMILES string of the molecule is COc1ccc(NCc2ccc(OC(F)(F)F)cc2)c(COc2c(Cl)cc(CC(N)C(=O)O)cc2Cl)c1. The molecule has 1 unspecified atom stereocenters. The number of methoxy groups -OCH3 is 1. The Labute approximate surface area is 220 Å². The molecular formula is C25H23Cl2F3N2O5. The number of aliphatic carboxylic acids is 1. The van der Waals surface area contributed by atoms with Crippen LogP contribution in [0.25, 0.3) is 0 Å². The maximum atomic E-state index is 12.4. The van der Waals surface area contributed by atoms with E-state index in [9.17, 15) is 18.0 Å². The lowest BCUT2D eigenvalue weighted by atomic mass is 10.1. The summed E-state index contributed by atoms with van der Waals surface area (Å²) < 4.78 is 52.2. The molecule has 0 aliphatic heterocycles. The van der Waals surface area contributed by atoms with E-state index in [0.29, 0.717) is 29.1 Å². The second-order valence-electron chi connectivity index (χ2n) is 7.89. The van der Waals surface area contributed by atoms with Gasteiger partial charge in [-0.3, -0.25) is 4.79 Å². The van der Waals surface area contributed by atoms with Crippen molar-refractivity contribution in [3.05, 3.63) is 81.3 Å². The van der Waals surface area contributed by atoms with Gasteiger partial charge in [0.1, 0.15) is 24.1 Å². The van der Waals surface area contributed by atoms with Crippen molar-refractivity contribution >= 4 is 34.9 Å². The van der Waals surface area contributed by atoms with E-state index in [1.54, 1.807) is 30.3 Å². The van der Waals surface area contributed by atoms with Crippen molar-refractivity contribution in [3.8, 4) is 17.2 Å². The number of benzene rings is 3. The molecule has 3 aromatic rings. The number of carboxylic acids is 1. The van der Waals surface area contributed by atoms with Crippen LogP contribution in [0.4, 0.5) is 18.9 Å². The fourth-order valence-corrected chi connectivity index (χ4v) is 4.00. The van der Waals surface area contributed by atoms with Gasteiger partial charge in [0, 0.05) is 17.8 Å². The number of nitrogens with one attached hydrogen (secondary N) is 1. The number of anilines is 1. The summed E-state index contributed by atoms with van der Waals surface area (Å²) >= 11 is 12.7. The number of carboxylic acid groups (broad SMARTS) is 1. The van der Waals surface area contributed by atoms with Crippen LogP contribution < -0.4 is 25.3 Å². The molecule has 0 aliphatic rings. The van der Waals surface area contributed by atoms with Gasteiger partial charge in [0.05, 0.1) is 17.2 Å². The summed E-state index contributed by atoms with van der Waals surface area (Å²) in [6.45, 7) is 0.358. The number of hydrogen-bond acceptors (Lipinski definition) is 6. The second-order valence-corrected chi connectivity index (χ2v) is 8.71. The summed E-state index contributed by atoms with van der Waals surface area (Å²) in [4.78, 5) is 11.0. The Balaban J connectivity index is 1.72. The molecule has 0 fully saturated rings. The Morgan fingerprint density at radius 3 is 2.22 bits per heavy atom. The molecule has 0 saturated carbocycles. The van der Waals surface area contributed by atoms with E-state index in [0.717, 1.165) is 5.56 Å². The van der Waals surface area contributed by atoms with Gasteiger partial charge in [-0.25, -0.2) is 0 Å². The summed E-state index contributed by atoms with van der Waals surface area (Å²) in [6, 6.07) is 12.8. The fraction of sp³-hybridized carbons (Fsp3) is 0.240. The van der Waals surface area contributed by atoms with Gasteiger partial charge >= 0.3 is 12.3 Å². The minimum absolute atomic E-state index is 0.0440. The summed E-state index contributed by atoms with van der Waals surface area (Å²) in [5, 5.41) is 12.6. The molecule has 12 heteroatoms. The van der Waals surface area contributed by atoms with E-state index in [1.807, 2.05) is 0 Å². The van der Waals surface area contributed by atoms with Gasteiger partial charge in [0.25, 0.3) is 0 Å². The first-order valence-corrected chi connectivity index (χ1v) is 11.6. The first-order chi connectivity index (χ1) is 17.4. The molecule has 4 N–H and O–H groups in total. The normalized spacial score (nSPS) is 12.1. The van der Waals surface area contributed by atoms with Crippen LogP contribution >= 0.6 is 23.2 Å². The van der Waals surface area contributed by atoms with Crippen LogP contribution in [0.2, 0.25) is 10.0 Å². The average molecular weight is 559 g/mol. The van der Waals surface area contributed by atoms with Gasteiger partial charge in [-0.05, 0) is 60.0 Å². The topological polar surface area (TPSA) is 103 Å². The number of halogens is 5. The van der Waals surface area contributed by atoms with Crippen LogP contribution in [0.3, 0.4) is 0 Å². The van der Waals surface area contributed by atoms with Crippen LogP contribution in [0, 0.1) is 0 Å². The van der Waals surface area contributed by atoms with E-state index in [-0.39, 0.29) is 34.6 Å². The zero-order chi connectivity index (χ0) is 27.2. The van der Waals surface area contributed by atoms with Gasteiger partial charge in [-0.15, -0.1) is 13.2 Å². The fourth-order valence-electron chi connectivity index (χ4n) is 3.35. The Hall–Kier alpha value is -3.34. The summed E-state index contributed by atoms with van der Waals surface area (Å²) in [7, 11) is 1.52. The standard InChI is InChI=1S/C25H23Cl2F3N2O5/c1-35-18-6-7-22(32-12-14-2-4-17(5-3-14)37-25(28,29)30)16(11-18)13-36-23-19(26)8-15(9-20(23)27)10-21(31)24(33)34/h2-9,11,21,32H,10,12-13,31H2,1H3,(H,33,34). The van der Waals surface area contributed by atoms with Crippen molar-refractivity contribution in [2.75, 3.05) is 12.4 Å². The third-order valence-corrected chi connectivity index (χ3v) is 5.72. The van der Waals surface area contributed by atoms with Gasteiger partial charge < -0.3 is 30.4 Å². The number of rotatable bonds is 11. The highest BCUT2D eigenvalue weighted by atomic mass is 35.5. The lowest BCUT2D eigenvalue weighted by molar-refractivity contribution is -0.274. The highest BCUT2D eigenvalue weighted by Crippen LogP contribution is 2.36. The predicted molar refractivity (Wildman–Crippen MR) is 134 cm³/mol. The van der Waals surface area contributed by atoms with Crippen molar-refractivity contribution in [1.29, 1.82) is 0 Å². The van der Waals surface area contributed by atoms with Crippen molar-refractivity contribution in [3.63, 3.8) is 0 Å². The van der Waals surface area contributed by atoms with Crippen molar-refractivity contribution in [2.45, 2.75) is 32.0 Å². The quantitative estimate of drug-likeness (QED) is 0.263. The van der Waals surface area contributed by atoms with Gasteiger partial charge in [-0.1, -0.05) is 35.3 Å². The number of nitrogens with two attached hydrogens (primary N) is 1. The molecule has 0 aliphatic carbocycles. The van der Waals surface area contributed by atoms with Crippen molar-refractivity contribution in [1.82, 2.24) is 0 Å². The van der Waals surface area contributed by atoms with Gasteiger partial charge in [0.2, 0.25) is 0 Å². The Bertz CT molecular complexity index is 1220. The minimum atomic E-state index is -4.75. The van der Waals surface area contributed by atoms with E-state index in [2.05, 4.69) is 10.1 Å². The van der Waals surface area contributed by atoms with Crippen LogP contribution in [0.1, 0.15) is 16.7 Å². The molecular weight excluding hydrogens is 536 g/mol.